The molecule has 1 aliphatic heterocycles. The summed E-state index contributed by atoms with van der Waals surface area (Å²) in [7, 11) is 0. The summed E-state index contributed by atoms with van der Waals surface area (Å²) in [4.78, 5) is 25.3. The fourth-order valence-corrected chi connectivity index (χ4v) is 3.18. The van der Waals surface area contributed by atoms with E-state index in [1.54, 1.807) is 0 Å². The molecule has 0 spiro atoms. The van der Waals surface area contributed by atoms with Gasteiger partial charge in [0.15, 0.2) is 0 Å². The van der Waals surface area contributed by atoms with Gasteiger partial charge in [0, 0.05) is 18.7 Å². The third-order valence-corrected chi connectivity index (χ3v) is 4.47. The summed E-state index contributed by atoms with van der Waals surface area (Å²) >= 11 is 0. The van der Waals surface area contributed by atoms with E-state index in [1.165, 1.54) is 11.0 Å². The molecule has 1 atom stereocenters. The van der Waals surface area contributed by atoms with E-state index < -0.39 is 29.7 Å². The number of carbonyl (C=O) groups excluding carboxylic acids is 2. The maximum Gasteiger partial charge on any atom is 0.416 e. The quantitative estimate of drug-likeness (QED) is 0.860. The molecule has 27 heavy (non-hydrogen) atoms. The van der Waals surface area contributed by atoms with Gasteiger partial charge in [0.05, 0.1) is 5.56 Å². The molecule has 3 rings (SSSR count). The van der Waals surface area contributed by atoms with Crippen molar-refractivity contribution in [1.82, 2.24) is 5.32 Å². The maximum absolute atomic E-state index is 13.1. The first-order valence-corrected chi connectivity index (χ1v) is 8.37. The predicted octanol–water partition coefficient (Wildman–Crippen LogP) is 2.87. The lowest BCUT2D eigenvalue weighted by atomic mass is 9.95. The molecule has 3 amide bonds. The van der Waals surface area contributed by atoms with Gasteiger partial charge >= 0.3 is 12.2 Å². The number of hydrogen-bond acceptors (Lipinski definition) is 2. The van der Waals surface area contributed by atoms with Gasteiger partial charge in [-0.2, -0.15) is 13.2 Å². The molecule has 5 nitrogen and oxygen atoms in total. The molecule has 2 aromatic rings. The van der Waals surface area contributed by atoms with Crippen molar-refractivity contribution in [1.29, 1.82) is 0 Å². The van der Waals surface area contributed by atoms with E-state index >= 15 is 0 Å². The van der Waals surface area contributed by atoms with Crippen LogP contribution in [0.25, 0.3) is 0 Å². The van der Waals surface area contributed by atoms with Gasteiger partial charge in [-0.05, 0) is 29.7 Å². The van der Waals surface area contributed by atoms with Crippen LogP contribution in [0, 0.1) is 0 Å². The third kappa shape index (κ3) is 4.21. The molecule has 0 saturated carbocycles. The fourth-order valence-electron chi connectivity index (χ4n) is 3.18. The Morgan fingerprint density at radius 2 is 1.89 bits per heavy atom. The molecular weight excluding hydrogens is 359 g/mol. The van der Waals surface area contributed by atoms with Gasteiger partial charge in [0.2, 0.25) is 5.91 Å². The summed E-state index contributed by atoms with van der Waals surface area (Å²) in [6.45, 7) is 0.189. The van der Waals surface area contributed by atoms with E-state index in [2.05, 4.69) is 5.32 Å². The zero-order valence-corrected chi connectivity index (χ0v) is 14.3. The molecule has 0 radical (unpaired) electrons. The van der Waals surface area contributed by atoms with E-state index in [9.17, 15) is 22.8 Å². The van der Waals surface area contributed by atoms with Gasteiger partial charge in [-0.3, -0.25) is 4.79 Å². The van der Waals surface area contributed by atoms with Gasteiger partial charge in [-0.1, -0.05) is 36.4 Å². The Hall–Kier alpha value is -3.03. The van der Waals surface area contributed by atoms with Crippen molar-refractivity contribution in [3.63, 3.8) is 0 Å². The van der Waals surface area contributed by atoms with Crippen LogP contribution in [0.15, 0.2) is 48.5 Å². The van der Waals surface area contributed by atoms with E-state index in [1.807, 2.05) is 30.3 Å². The molecule has 0 bridgehead atoms. The highest BCUT2D eigenvalue weighted by Crippen LogP contribution is 2.36. The third-order valence-electron chi connectivity index (χ3n) is 4.47. The van der Waals surface area contributed by atoms with Gasteiger partial charge in [-0.15, -0.1) is 0 Å². The summed E-state index contributed by atoms with van der Waals surface area (Å²) in [5.74, 6) is -0.475. The van der Waals surface area contributed by atoms with Crippen LogP contribution in [-0.2, 0) is 23.8 Å². The second kappa shape index (κ2) is 7.30. The summed E-state index contributed by atoms with van der Waals surface area (Å²) < 4.78 is 39.3. The van der Waals surface area contributed by atoms with E-state index in [0.717, 1.165) is 17.7 Å². The Balaban J connectivity index is 1.94. The van der Waals surface area contributed by atoms with Crippen LogP contribution in [-0.4, -0.2) is 24.5 Å². The molecule has 0 saturated heterocycles. The van der Waals surface area contributed by atoms with Crippen molar-refractivity contribution in [2.45, 2.75) is 25.1 Å². The molecule has 1 heterocycles. The number of anilines is 1. The number of benzene rings is 2. The van der Waals surface area contributed by atoms with Crippen molar-refractivity contribution in [2.24, 2.45) is 5.73 Å². The molecule has 8 heteroatoms. The van der Waals surface area contributed by atoms with E-state index in [4.69, 9.17) is 5.73 Å². The first kappa shape index (κ1) is 18.8. The Morgan fingerprint density at radius 1 is 1.19 bits per heavy atom. The largest absolute Gasteiger partial charge is 0.416 e. The summed E-state index contributed by atoms with van der Waals surface area (Å²) in [5.41, 5.74) is 6.02. The number of alkyl halides is 3. The standard InChI is InChI=1S/C19H18F3N3O2/c20-19(21,22)14-7-6-13-10-15(24-18(23)27)17(26)25(16(13)11-14)9-8-12-4-2-1-3-5-12/h1-7,11,15H,8-10H2,(H3,23,24,27). The first-order chi connectivity index (χ1) is 12.8. The number of nitrogens with one attached hydrogen (secondary N) is 1. The Kier molecular flexibility index (Phi) is 5.07. The minimum absolute atomic E-state index is 0.0943. The lowest BCUT2D eigenvalue weighted by molar-refractivity contribution is -0.137. The molecule has 0 aliphatic carbocycles. The van der Waals surface area contributed by atoms with Crippen LogP contribution in [0.1, 0.15) is 16.7 Å². The molecule has 1 aliphatic rings. The highest BCUT2D eigenvalue weighted by atomic mass is 19.4. The number of amides is 3. The Labute approximate surface area is 154 Å². The monoisotopic (exact) mass is 377 g/mol. The van der Waals surface area contributed by atoms with Crippen molar-refractivity contribution in [2.75, 3.05) is 11.4 Å². The van der Waals surface area contributed by atoms with Crippen LogP contribution in [0.4, 0.5) is 23.7 Å². The zero-order chi connectivity index (χ0) is 19.6. The SMILES string of the molecule is NC(=O)NC1Cc2ccc(C(F)(F)F)cc2N(CCc2ccccc2)C1=O. The first-order valence-electron chi connectivity index (χ1n) is 8.37. The van der Waals surface area contributed by atoms with Gasteiger partial charge in [0.1, 0.15) is 6.04 Å². The molecule has 0 fully saturated rings. The average Bonchev–Trinajstić information content (AvgIpc) is 2.61. The van der Waals surface area contributed by atoms with Crippen LogP contribution in [0.3, 0.4) is 0 Å². The molecule has 2 aromatic carbocycles. The summed E-state index contributed by atoms with van der Waals surface area (Å²) in [6, 6.07) is 10.9. The molecule has 0 aromatic heterocycles. The lowest BCUT2D eigenvalue weighted by Gasteiger charge is -2.34. The van der Waals surface area contributed by atoms with Crippen molar-refractivity contribution in [3.8, 4) is 0 Å². The van der Waals surface area contributed by atoms with Gasteiger partial charge in [0.25, 0.3) is 0 Å². The number of hydrogen-bond donors (Lipinski definition) is 2. The Morgan fingerprint density at radius 3 is 2.52 bits per heavy atom. The number of carbonyl (C=O) groups is 2. The number of nitrogens with two attached hydrogens (primary N) is 1. The molecular formula is C19H18F3N3O2. The number of halogens is 3. The maximum atomic E-state index is 13.1. The van der Waals surface area contributed by atoms with E-state index in [-0.39, 0.29) is 18.7 Å². The number of fused-ring (bicyclic) bond motifs is 1. The number of rotatable bonds is 4. The second-order valence-corrected chi connectivity index (χ2v) is 6.33. The predicted molar refractivity (Wildman–Crippen MR) is 94.2 cm³/mol. The Bertz CT molecular complexity index is 853. The van der Waals surface area contributed by atoms with Crippen molar-refractivity contribution >= 4 is 17.6 Å². The van der Waals surface area contributed by atoms with Gasteiger partial charge < -0.3 is 16.0 Å². The second-order valence-electron chi connectivity index (χ2n) is 6.33. The van der Waals surface area contributed by atoms with E-state index in [0.29, 0.717) is 12.0 Å². The van der Waals surface area contributed by atoms with Crippen LogP contribution < -0.4 is 16.0 Å². The van der Waals surface area contributed by atoms with Gasteiger partial charge in [-0.25, -0.2) is 4.79 Å². The number of nitrogens with zero attached hydrogens (tertiary/aromatic N) is 1. The number of urea groups is 1. The minimum atomic E-state index is -4.51. The summed E-state index contributed by atoms with van der Waals surface area (Å²) in [5, 5.41) is 2.37. The fraction of sp³-hybridized carbons (Fsp3) is 0.263. The van der Waals surface area contributed by atoms with Crippen molar-refractivity contribution in [3.05, 3.63) is 65.2 Å². The van der Waals surface area contributed by atoms with Crippen molar-refractivity contribution < 1.29 is 22.8 Å². The minimum Gasteiger partial charge on any atom is -0.352 e. The highest BCUT2D eigenvalue weighted by molar-refractivity contribution is 6.02. The number of primary amides is 1. The molecule has 3 N–H and O–H groups in total. The topological polar surface area (TPSA) is 75.4 Å². The normalized spacial score (nSPS) is 16.8. The summed E-state index contributed by atoms with van der Waals surface area (Å²) in [6.07, 6.45) is -3.95. The van der Waals surface area contributed by atoms with Crippen LogP contribution in [0.2, 0.25) is 0 Å². The molecule has 142 valence electrons. The highest BCUT2D eigenvalue weighted by Gasteiger charge is 2.37. The molecule has 1 unspecified atom stereocenters. The van der Waals surface area contributed by atoms with Crippen LogP contribution >= 0.6 is 0 Å². The average molecular weight is 377 g/mol. The lowest BCUT2D eigenvalue weighted by Crippen LogP contribution is -2.54. The van der Waals surface area contributed by atoms with Crippen LogP contribution in [0.5, 0.6) is 0 Å². The smallest absolute Gasteiger partial charge is 0.352 e. The zero-order valence-electron chi connectivity index (χ0n) is 14.3.